The number of nitrogen functional groups attached to an aromatic ring is 1. The van der Waals surface area contributed by atoms with E-state index in [0.717, 1.165) is 11.5 Å². The number of hydrogen-bond acceptors (Lipinski definition) is 3. The van der Waals surface area contributed by atoms with E-state index in [4.69, 9.17) is 10.2 Å². The summed E-state index contributed by atoms with van der Waals surface area (Å²) in [5.74, 6) is 1.48. The Balaban J connectivity index is 2.11. The zero-order valence-electron chi connectivity index (χ0n) is 11.5. The first-order valence-electron chi connectivity index (χ1n) is 6.24. The van der Waals surface area contributed by atoms with Crippen LogP contribution >= 0.6 is 0 Å². The second-order valence-corrected chi connectivity index (χ2v) is 5.38. The van der Waals surface area contributed by atoms with E-state index >= 15 is 0 Å². The van der Waals surface area contributed by atoms with Crippen molar-refractivity contribution in [3.63, 3.8) is 0 Å². The molecule has 19 heavy (non-hydrogen) atoms. The van der Waals surface area contributed by atoms with E-state index < -0.39 is 0 Å². The van der Waals surface area contributed by atoms with Crippen LogP contribution < -0.4 is 11.1 Å². The van der Waals surface area contributed by atoms with Gasteiger partial charge in [-0.2, -0.15) is 0 Å². The van der Waals surface area contributed by atoms with Crippen molar-refractivity contribution in [2.75, 3.05) is 17.6 Å². The number of furan rings is 1. The van der Waals surface area contributed by atoms with Crippen molar-refractivity contribution < 1.29 is 8.81 Å². The smallest absolute Gasteiger partial charge is 0.125 e. The van der Waals surface area contributed by atoms with Crippen LogP contribution in [0, 0.1) is 12.7 Å². The van der Waals surface area contributed by atoms with Crippen LogP contribution in [0.3, 0.4) is 0 Å². The van der Waals surface area contributed by atoms with Crippen molar-refractivity contribution in [1.29, 1.82) is 0 Å². The van der Waals surface area contributed by atoms with E-state index in [2.05, 4.69) is 19.2 Å². The highest BCUT2D eigenvalue weighted by Gasteiger charge is 2.24. The first-order valence-corrected chi connectivity index (χ1v) is 6.24. The quantitative estimate of drug-likeness (QED) is 0.826. The van der Waals surface area contributed by atoms with E-state index in [0.29, 0.717) is 17.9 Å². The zero-order chi connectivity index (χ0) is 14.0. The summed E-state index contributed by atoms with van der Waals surface area (Å²) < 4.78 is 18.8. The van der Waals surface area contributed by atoms with Crippen LogP contribution in [0.25, 0.3) is 0 Å². The Morgan fingerprint density at radius 1 is 1.26 bits per heavy atom. The number of aryl methyl sites for hydroxylation is 1. The lowest BCUT2D eigenvalue weighted by atomic mass is 9.90. The summed E-state index contributed by atoms with van der Waals surface area (Å²) in [6, 6.07) is 8.21. The van der Waals surface area contributed by atoms with Crippen molar-refractivity contribution in [2.45, 2.75) is 26.2 Å². The van der Waals surface area contributed by atoms with E-state index in [1.54, 1.807) is 6.07 Å². The maximum absolute atomic E-state index is 13.2. The first-order chi connectivity index (χ1) is 8.88. The minimum absolute atomic E-state index is 0.201. The van der Waals surface area contributed by atoms with Crippen molar-refractivity contribution in [2.24, 2.45) is 0 Å². The van der Waals surface area contributed by atoms with Gasteiger partial charge in [0.1, 0.15) is 17.3 Å². The van der Waals surface area contributed by atoms with Gasteiger partial charge in [0.15, 0.2) is 0 Å². The predicted molar refractivity (Wildman–Crippen MR) is 75.8 cm³/mol. The van der Waals surface area contributed by atoms with Gasteiger partial charge >= 0.3 is 0 Å². The molecule has 0 unspecified atom stereocenters. The second-order valence-electron chi connectivity index (χ2n) is 5.38. The fraction of sp³-hybridized carbons (Fsp3) is 0.333. The Morgan fingerprint density at radius 3 is 2.63 bits per heavy atom. The minimum atomic E-state index is -0.302. The van der Waals surface area contributed by atoms with Crippen LogP contribution in [0.5, 0.6) is 0 Å². The van der Waals surface area contributed by atoms with Crippen LogP contribution in [-0.4, -0.2) is 6.54 Å². The Hall–Kier alpha value is -1.97. The minimum Gasteiger partial charge on any atom is -0.466 e. The molecule has 0 aliphatic rings. The molecule has 3 nitrogen and oxygen atoms in total. The predicted octanol–water partition coefficient (Wildman–Crippen LogP) is 3.70. The lowest BCUT2D eigenvalue weighted by Crippen LogP contribution is -2.27. The number of nitrogens with two attached hydrogens (primary N) is 1. The van der Waals surface area contributed by atoms with Crippen molar-refractivity contribution in [3.8, 4) is 0 Å². The van der Waals surface area contributed by atoms with Gasteiger partial charge in [-0.15, -0.1) is 0 Å². The summed E-state index contributed by atoms with van der Waals surface area (Å²) in [5.41, 5.74) is 6.75. The van der Waals surface area contributed by atoms with Crippen molar-refractivity contribution in [3.05, 3.63) is 47.7 Å². The Morgan fingerprint density at radius 2 is 2.00 bits per heavy atom. The molecule has 1 aromatic heterocycles. The van der Waals surface area contributed by atoms with Crippen LogP contribution in [0.1, 0.15) is 25.4 Å². The van der Waals surface area contributed by atoms with Gasteiger partial charge in [0.25, 0.3) is 0 Å². The third-order valence-corrected chi connectivity index (χ3v) is 3.14. The Labute approximate surface area is 112 Å². The van der Waals surface area contributed by atoms with Crippen LogP contribution in [0.2, 0.25) is 0 Å². The number of hydrogen-bond donors (Lipinski definition) is 2. The molecule has 102 valence electrons. The number of benzene rings is 1. The molecule has 0 aliphatic heterocycles. The van der Waals surface area contributed by atoms with Gasteiger partial charge in [-0.1, -0.05) is 13.8 Å². The monoisotopic (exact) mass is 262 g/mol. The third kappa shape index (κ3) is 3.08. The standard InChI is InChI=1S/C15H19FN2O/c1-10-4-7-14(19-10)15(2,3)9-18-13-8-11(16)5-6-12(13)17/h4-8,18H,9,17H2,1-3H3. The van der Waals surface area contributed by atoms with Gasteiger partial charge < -0.3 is 15.5 Å². The number of halogens is 1. The lowest BCUT2D eigenvalue weighted by molar-refractivity contribution is 0.386. The van der Waals surface area contributed by atoms with Gasteiger partial charge in [0.05, 0.1) is 11.4 Å². The molecular formula is C15H19FN2O. The van der Waals surface area contributed by atoms with E-state index in [1.807, 2.05) is 19.1 Å². The SMILES string of the molecule is Cc1ccc(C(C)(C)CNc2cc(F)ccc2N)o1. The number of anilines is 2. The summed E-state index contributed by atoms with van der Waals surface area (Å²) in [6.45, 7) is 6.65. The number of rotatable bonds is 4. The molecule has 0 amide bonds. The molecule has 0 aliphatic carbocycles. The van der Waals surface area contributed by atoms with E-state index in [1.165, 1.54) is 12.1 Å². The molecular weight excluding hydrogens is 243 g/mol. The maximum atomic E-state index is 13.2. The molecule has 1 aromatic carbocycles. The molecule has 0 saturated heterocycles. The fourth-order valence-corrected chi connectivity index (χ4v) is 1.88. The zero-order valence-corrected chi connectivity index (χ0v) is 11.5. The maximum Gasteiger partial charge on any atom is 0.125 e. The molecule has 4 heteroatoms. The van der Waals surface area contributed by atoms with Gasteiger partial charge in [-0.25, -0.2) is 4.39 Å². The molecule has 0 atom stereocenters. The molecule has 0 saturated carbocycles. The Kier molecular flexibility index (Phi) is 3.51. The van der Waals surface area contributed by atoms with E-state index in [9.17, 15) is 4.39 Å². The summed E-state index contributed by atoms with van der Waals surface area (Å²) >= 11 is 0. The highest BCUT2D eigenvalue weighted by atomic mass is 19.1. The molecule has 0 bridgehead atoms. The highest BCUT2D eigenvalue weighted by Crippen LogP contribution is 2.27. The first kappa shape index (κ1) is 13.5. The van der Waals surface area contributed by atoms with Crippen LogP contribution in [0.4, 0.5) is 15.8 Å². The molecule has 3 N–H and O–H groups in total. The molecule has 1 heterocycles. The average molecular weight is 262 g/mol. The number of nitrogens with one attached hydrogen (secondary N) is 1. The summed E-state index contributed by atoms with van der Waals surface area (Å²) in [7, 11) is 0. The van der Waals surface area contributed by atoms with Crippen molar-refractivity contribution in [1.82, 2.24) is 0 Å². The van der Waals surface area contributed by atoms with E-state index in [-0.39, 0.29) is 11.2 Å². The van der Waals surface area contributed by atoms with Crippen molar-refractivity contribution >= 4 is 11.4 Å². The van der Waals surface area contributed by atoms with Crippen LogP contribution in [-0.2, 0) is 5.41 Å². The normalized spacial score (nSPS) is 11.6. The highest BCUT2D eigenvalue weighted by molar-refractivity contribution is 5.66. The topological polar surface area (TPSA) is 51.2 Å². The fourth-order valence-electron chi connectivity index (χ4n) is 1.88. The summed E-state index contributed by atoms with van der Waals surface area (Å²) in [6.07, 6.45) is 0. The van der Waals surface area contributed by atoms with Crippen LogP contribution in [0.15, 0.2) is 34.7 Å². The van der Waals surface area contributed by atoms with Gasteiger partial charge in [-0.05, 0) is 37.3 Å². The molecule has 2 rings (SSSR count). The molecule has 0 fully saturated rings. The third-order valence-electron chi connectivity index (χ3n) is 3.14. The lowest BCUT2D eigenvalue weighted by Gasteiger charge is -2.23. The summed E-state index contributed by atoms with van der Waals surface area (Å²) in [4.78, 5) is 0. The summed E-state index contributed by atoms with van der Waals surface area (Å²) in [5, 5.41) is 3.18. The Bertz CT molecular complexity index is 575. The molecule has 0 radical (unpaired) electrons. The van der Waals surface area contributed by atoms with Gasteiger partial charge in [0.2, 0.25) is 0 Å². The molecule has 0 spiro atoms. The largest absolute Gasteiger partial charge is 0.466 e. The molecule has 2 aromatic rings. The van der Waals surface area contributed by atoms with Gasteiger partial charge in [-0.3, -0.25) is 0 Å². The van der Waals surface area contributed by atoms with Gasteiger partial charge in [0, 0.05) is 12.0 Å². The second kappa shape index (κ2) is 4.96. The average Bonchev–Trinajstić information content (AvgIpc) is 2.78.